The molecule has 3 N–H and O–H groups in total. The van der Waals surface area contributed by atoms with Crippen molar-refractivity contribution in [1.82, 2.24) is 5.32 Å². The van der Waals surface area contributed by atoms with Crippen LogP contribution in [0.15, 0.2) is 81.8 Å². The van der Waals surface area contributed by atoms with Crippen LogP contribution in [0.4, 0.5) is 11.4 Å². The summed E-state index contributed by atoms with van der Waals surface area (Å²) < 4.78 is 10.8. The lowest BCUT2D eigenvalue weighted by molar-refractivity contribution is -0.115. The van der Waals surface area contributed by atoms with Gasteiger partial charge in [-0.2, -0.15) is 0 Å². The number of nitrogens with one attached hydrogen (secondary N) is 3. The molecule has 0 unspecified atom stereocenters. The molecule has 0 aliphatic rings. The van der Waals surface area contributed by atoms with Gasteiger partial charge in [0, 0.05) is 27.4 Å². The van der Waals surface area contributed by atoms with Crippen molar-refractivity contribution >= 4 is 81.4 Å². The van der Waals surface area contributed by atoms with Gasteiger partial charge < -0.3 is 19.5 Å². The highest BCUT2D eigenvalue weighted by molar-refractivity contribution is 7.80. The number of thiocarbonyl (C=S) groups is 1. The minimum Gasteiger partial charge on any atom is -0.459 e. The molecule has 2 heterocycles. The van der Waals surface area contributed by atoms with Crippen molar-refractivity contribution < 1.29 is 18.4 Å². The van der Waals surface area contributed by atoms with Crippen LogP contribution >= 0.6 is 47.0 Å². The second kappa shape index (κ2) is 11.5. The van der Waals surface area contributed by atoms with Gasteiger partial charge in [0.25, 0.3) is 5.91 Å². The van der Waals surface area contributed by atoms with E-state index < -0.39 is 11.8 Å². The first-order valence-corrected chi connectivity index (χ1v) is 11.8. The Morgan fingerprint density at radius 2 is 1.69 bits per heavy atom. The molecule has 0 saturated carbocycles. The van der Waals surface area contributed by atoms with Crippen LogP contribution < -0.4 is 16.0 Å². The van der Waals surface area contributed by atoms with Gasteiger partial charge in [-0.05, 0) is 79.0 Å². The van der Waals surface area contributed by atoms with E-state index in [2.05, 4.69) is 16.0 Å². The number of rotatable bonds is 6. The number of furan rings is 2. The number of halogens is 3. The highest BCUT2D eigenvalue weighted by atomic mass is 35.5. The SMILES string of the molecule is O=C(/C=C/c1ccc(-c2cc(Cl)cc(Cl)c2)o1)NC(=S)Nc1ccc(NC(=O)c2ccco2)c(Cl)c1. The smallest absolute Gasteiger partial charge is 0.291 e. The Kier molecular flexibility index (Phi) is 8.12. The summed E-state index contributed by atoms with van der Waals surface area (Å²) in [5, 5.41) is 9.33. The maximum atomic E-state index is 12.3. The third-order valence-corrected chi connectivity index (χ3v) is 5.58. The fourth-order valence-electron chi connectivity index (χ4n) is 3.05. The third kappa shape index (κ3) is 6.77. The van der Waals surface area contributed by atoms with Crippen LogP contribution in [0.1, 0.15) is 16.3 Å². The zero-order chi connectivity index (χ0) is 25.7. The largest absolute Gasteiger partial charge is 0.459 e. The zero-order valence-electron chi connectivity index (χ0n) is 18.2. The van der Waals surface area contributed by atoms with E-state index in [-0.39, 0.29) is 15.9 Å². The molecule has 0 aliphatic heterocycles. The third-order valence-electron chi connectivity index (χ3n) is 4.63. The molecule has 0 fully saturated rings. The zero-order valence-corrected chi connectivity index (χ0v) is 21.3. The van der Waals surface area contributed by atoms with E-state index in [4.69, 9.17) is 55.9 Å². The molecular weight excluding hydrogens is 545 g/mol. The van der Waals surface area contributed by atoms with E-state index >= 15 is 0 Å². The van der Waals surface area contributed by atoms with E-state index in [1.165, 1.54) is 24.5 Å². The fraction of sp³-hybridized carbons (Fsp3) is 0. The summed E-state index contributed by atoms with van der Waals surface area (Å²) >= 11 is 23.5. The molecule has 4 aromatic rings. The second-order valence-electron chi connectivity index (χ2n) is 7.26. The van der Waals surface area contributed by atoms with Crippen molar-refractivity contribution in [3.05, 3.63) is 99.6 Å². The van der Waals surface area contributed by atoms with Crippen molar-refractivity contribution in [3.8, 4) is 11.3 Å². The highest BCUT2D eigenvalue weighted by Crippen LogP contribution is 2.29. The first-order chi connectivity index (χ1) is 17.3. The maximum absolute atomic E-state index is 12.3. The molecule has 0 saturated heterocycles. The summed E-state index contributed by atoms with van der Waals surface area (Å²) in [6.07, 6.45) is 4.18. The van der Waals surface area contributed by atoms with Gasteiger partial charge >= 0.3 is 0 Å². The van der Waals surface area contributed by atoms with Crippen LogP contribution in [0.2, 0.25) is 15.1 Å². The standard InChI is InChI=1S/C25H16Cl3N3O4S/c26-15-10-14(11-16(27)12-15)21-7-4-18(35-21)5-8-23(32)31-25(36)29-17-3-6-20(19(28)13-17)30-24(33)22-2-1-9-34-22/h1-13H,(H,30,33)(H2,29,31,32,36)/b8-5+. The van der Waals surface area contributed by atoms with Crippen LogP contribution in [0.3, 0.4) is 0 Å². The lowest BCUT2D eigenvalue weighted by Crippen LogP contribution is -2.32. The van der Waals surface area contributed by atoms with E-state index in [0.717, 1.165) is 0 Å². The molecule has 0 aliphatic carbocycles. The van der Waals surface area contributed by atoms with Crippen LogP contribution in [0, 0.1) is 0 Å². The Morgan fingerprint density at radius 1 is 0.917 bits per heavy atom. The summed E-state index contributed by atoms with van der Waals surface area (Å²) in [5.41, 5.74) is 1.62. The fourth-order valence-corrected chi connectivity index (χ4v) is 4.03. The number of hydrogen-bond donors (Lipinski definition) is 3. The topological polar surface area (TPSA) is 96.5 Å². The van der Waals surface area contributed by atoms with Gasteiger partial charge in [0.1, 0.15) is 11.5 Å². The minimum absolute atomic E-state index is 0.0572. The van der Waals surface area contributed by atoms with Crippen LogP contribution in [0.5, 0.6) is 0 Å². The lowest BCUT2D eigenvalue weighted by atomic mass is 10.2. The second-order valence-corrected chi connectivity index (χ2v) is 8.95. The van der Waals surface area contributed by atoms with Gasteiger partial charge in [0.15, 0.2) is 10.9 Å². The van der Waals surface area contributed by atoms with Gasteiger partial charge in [-0.1, -0.05) is 34.8 Å². The first-order valence-electron chi connectivity index (χ1n) is 10.3. The minimum atomic E-state index is -0.468. The molecule has 2 aromatic carbocycles. The van der Waals surface area contributed by atoms with E-state index in [9.17, 15) is 9.59 Å². The highest BCUT2D eigenvalue weighted by Gasteiger charge is 2.12. The molecule has 182 valence electrons. The molecule has 11 heteroatoms. The molecule has 0 radical (unpaired) electrons. The summed E-state index contributed by atoms with van der Waals surface area (Å²) in [5.74, 6) is 0.262. The number of amides is 2. The number of benzene rings is 2. The molecule has 2 aromatic heterocycles. The predicted molar refractivity (Wildman–Crippen MR) is 146 cm³/mol. The normalized spacial score (nSPS) is 10.9. The molecule has 0 atom stereocenters. The number of carbonyl (C=O) groups excluding carboxylic acids is 2. The summed E-state index contributed by atoms with van der Waals surface area (Å²) in [6, 6.07) is 16.5. The van der Waals surface area contributed by atoms with Crippen molar-refractivity contribution in [2.75, 3.05) is 10.6 Å². The predicted octanol–water partition coefficient (Wildman–Crippen LogP) is 7.28. The molecule has 36 heavy (non-hydrogen) atoms. The summed E-state index contributed by atoms with van der Waals surface area (Å²) in [7, 11) is 0. The molecule has 4 rings (SSSR count). The Bertz CT molecular complexity index is 1440. The van der Waals surface area contributed by atoms with Crippen LogP contribution in [-0.4, -0.2) is 16.9 Å². The first kappa shape index (κ1) is 25.5. The molecule has 0 spiro atoms. The molecule has 0 bridgehead atoms. The van der Waals surface area contributed by atoms with Crippen molar-refractivity contribution in [1.29, 1.82) is 0 Å². The number of anilines is 2. The summed E-state index contributed by atoms with van der Waals surface area (Å²) in [4.78, 5) is 24.4. The Morgan fingerprint density at radius 3 is 2.39 bits per heavy atom. The van der Waals surface area contributed by atoms with Gasteiger partial charge in [-0.25, -0.2) is 0 Å². The van der Waals surface area contributed by atoms with Gasteiger partial charge in [-0.3, -0.25) is 14.9 Å². The Labute approximate surface area is 226 Å². The van der Waals surface area contributed by atoms with Gasteiger partial charge in [-0.15, -0.1) is 0 Å². The Balaban J connectivity index is 1.31. The monoisotopic (exact) mass is 559 g/mol. The molecule has 2 amide bonds. The Hall–Kier alpha value is -3.56. The molecule has 7 nitrogen and oxygen atoms in total. The lowest BCUT2D eigenvalue weighted by Gasteiger charge is -2.11. The van der Waals surface area contributed by atoms with Crippen molar-refractivity contribution in [2.45, 2.75) is 0 Å². The van der Waals surface area contributed by atoms with E-state index in [1.54, 1.807) is 54.6 Å². The quantitative estimate of drug-likeness (QED) is 0.169. The number of carbonyl (C=O) groups is 2. The molecular formula is C25H16Cl3N3O4S. The average Bonchev–Trinajstić information content (AvgIpc) is 3.51. The summed E-state index contributed by atoms with van der Waals surface area (Å²) in [6.45, 7) is 0. The average molecular weight is 561 g/mol. The van der Waals surface area contributed by atoms with E-state index in [1.807, 2.05) is 0 Å². The van der Waals surface area contributed by atoms with E-state index in [0.29, 0.717) is 38.5 Å². The van der Waals surface area contributed by atoms with Gasteiger partial charge in [0.05, 0.1) is 17.0 Å². The van der Waals surface area contributed by atoms with Crippen LogP contribution in [0.25, 0.3) is 17.4 Å². The van der Waals surface area contributed by atoms with Crippen molar-refractivity contribution in [3.63, 3.8) is 0 Å². The maximum Gasteiger partial charge on any atom is 0.291 e. The van der Waals surface area contributed by atoms with Crippen LogP contribution in [-0.2, 0) is 4.79 Å². The number of hydrogen-bond acceptors (Lipinski definition) is 5. The van der Waals surface area contributed by atoms with Crippen molar-refractivity contribution in [2.24, 2.45) is 0 Å². The van der Waals surface area contributed by atoms with Gasteiger partial charge in [0.2, 0.25) is 5.91 Å².